The Balaban J connectivity index is 2.29. The van der Waals surface area contributed by atoms with Crippen LogP contribution in [0.15, 0.2) is 24.3 Å². The molecule has 0 aromatic heterocycles. The SMILES string of the molecule is CCCCNC(=O)CCc1ccccc1Cl. The van der Waals surface area contributed by atoms with E-state index in [0.29, 0.717) is 12.8 Å². The fourth-order valence-corrected chi connectivity index (χ4v) is 1.67. The lowest BCUT2D eigenvalue weighted by Gasteiger charge is -2.05. The fraction of sp³-hybridized carbons (Fsp3) is 0.462. The van der Waals surface area contributed by atoms with Crippen molar-refractivity contribution in [3.05, 3.63) is 34.9 Å². The molecule has 0 bridgehead atoms. The molecular weight excluding hydrogens is 222 g/mol. The zero-order valence-electron chi connectivity index (χ0n) is 9.63. The van der Waals surface area contributed by atoms with Crippen LogP contribution < -0.4 is 5.32 Å². The second-order valence-electron chi connectivity index (χ2n) is 3.79. The highest BCUT2D eigenvalue weighted by atomic mass is 35.5. The van der Waals surface area contributed by atoms with Crippen molar-refractivity contribution in [2.45, 2.75) is 32.6 Å². The van der Waals surface area contributed by atoms with Crippen LogP contribution >= 0.6 is 11.6 Å². The lowest BCUT2D eigenvalue weighted by molar-refractivity contribution is -0.121. The number of aryl methyl sites for hydroxylation is 1. The fourth-order valence-electron chi connectivity index (χ4n) is 1.44. The highest BCUT2D eigenvalue weighted by molar-refractivity contribution is 6.31. The molecule has 1 aromatic carbocycles. The molecule has 0 radical (unpaired) electrons. The van der Waals surface area contributed by atoms with Crippen LogP contribution in [0.5, 0.6) is 0 Å². The van der Waals surface area contributed by atoms with E-state index in [-0.39, 0.29) is 5.91 Å². The summed E-state index contributed by atoms with van der Waals surface area (Å²) in [5.74, 6) is 0.105. The van der Waals surface area contributed by atoms with Gasteiger partial charge in [0, 0.05) is 18.0 Å². The monoisotopic (exact) mass is 239 g/mol. The number of rotatable bonds is 6. The Kier molecular flexibility index (Phi) is 5.94. The largest absolute Gasteiger partial charge is 0.356 e. The molecule has 0 aliphatic rings. The van der Waals surface area contributed by atoms with E-state index in [4.69, 9.17) is 11.6 Å². The summed E-state index contributed by atoms with van der Waals surface area (Å²) >= 11 is 6.00. The van der Waals surface area contributed by atoms with Crippen LogP contribution in [0.25, 0.3) is 0 Å². The molecule has 0 aliphatic heterocycles. The second kappa shape index (κ2) is 7.29. The third-order valence-electron chi connectivity index (χ3n) is 2.43. The van der Waals surface area contributed by atoms with Gasteiger partial charge in [-0.2, -0.15) is 0 Å². The Morgan fingerprint density at radius 1 is 1.38 bits per heavy atom. The third kappa shape index (κ3) is 4.67. The van der Waals surface area contributed by atoms with Crippen molar-refractivity contribution in [3.8, 4) is 0 Å². The van der Waals surface area contributed by atoms with Gasteiger partial charge in [0.05, 0.1) is 0 Å². The highest BCUT2D eigenvalue weighted by Crippen LogP contribution is 2.16. The summed E-state index contributed by atoms with van der Waals surface area (Å²) in [6, 6.07) is 7.65. The minimum absolute atomic E-state index is 0.105. The van der Waals surface area contributed by atoms with Crippen LogP contribution in [0.3, 0.4) is 0 Å². The highest BCUT2D eigenvalue weighted by Gasteiger charge is 2.03. The molecule has 1 amide bonds. The molecule has 0 aliphatic carbocycles. The molecule has 1 rings (SSSR count). The number of hydrogen-bond donors (Lipinski definition) is 1. The van der Waals surface area contributed by atoms with E-state index in [1.54, 1.807) is 0 Å². The molecule has 88 valence electrons. The van der Waals surface area contributed by atoms with Gasteiger partial charge in [-0.1, -0.05) is 43.1 Å². The zero-order chi connectivity index (χ0) is 11.8. The number of carbonyl (C=O) groups is 1. The minimum atomic E-state index is 0.105. The van der Waals surface area contributed by atoms with Crippen molar-refractivity contribution in [1.82, 2.24) is 5.32 Å². The number of unbranched alkanes of at least 4 members (excludes halogenated alkanes) is 1. The number of benzene rings is 1. The smallest absolute Gasteiger partial charge is 0.220 e. The van der Waals surface area contributed by atoms with Crippen LogP contribution in [-0.2, 0) is 11.2 Å². The van der Waals surface area contributed by atoms with Gasteiger partial charge >= 0.3 is 0 Å². The van der Waals surface area contributed by atoms with Crippen molar-refractivity contribution >= 4 is 17.5 Å². The van der Waals surface area contributed by atoms with Crippen molar-refractivity contribution in [2.24, 2.45) is 0 Å². The van der Waals surface area contributed by atoms with E-state index in [1.165, 1.54) is 0 Å². The first-order valence-electron chi connectivity index (χ1n) is 5.74. The molecule has 0 unspecified atom stereocenters. The maximum atomic E-state index is 11.4. The summed E-state index contributed by atoms with van der Waals surface area (Å²) < 4.78 is 0. The van der Waals surface area contributed by atoms with E-state index in [0.717, 1.165) is 30.0 Å². The van der Waals surface area contributed by atoms with Gasteiger partial charge in [-0.05, 0) is 24.5 Å². The van der Waals surface area contributed by atoms with Gasteiger partial charge in [0.25, 0.3) is 0 Å². The van der Waals surface area contributed by atoms with Crippen LogP contribution in [0, 0.1) is 0 Å². The van der Waals surface area contributed by atoms with E-state index >= 15 is 0 Å². The van der Waals surface area contributed by atoms with E-state index in [9.17, 15) is 4.79 Å². The predicted octanol–water partition coefficient (Wildman–Crippen LogP) is 3.19. The van der Waals surface area contributed by atoms with Crippen molar-refractivity contribution in [3.63, 3.8) is 0 Å². The summed E-state index contributed by atoms with van der Waals surface area (Å²) in [4.78, 5) is 11.4. The molecule has 0 heterocycles. The van der Waals surface area contributed by atoms with E-state index < -0.39 is 0 Å². The molecule has 0 fully saturated rings. The molecule has 0 saturated carbocycles. The van der Waals surface area contributed by atoms with Crippen LogP contribution in [0.2, 0.25) is 5.02 Å². The average molecular weight is 240 g/mol. The Labute approximate surface area is 102 Å². The summed E-state index contributed by atoms with van der Waals surface area (Å²) in [5, 5.41) is 3.63. The standard InChI is InChI=1S/C13H18ClNO/c1-2-3-10-15-13(16)9-8-11-6-4-5-7-12(11)14/h4-7H,2-3,8-10H2,1H3,(H,15,16). The van der Waals surface area contributed by atoms with Crippen molar-refractivity contribution < 1.29 is 4.79 Å². The van der Waals surface area contributed by atoms with Gasteiger partial charge in [0.2, 0.25) is 5.91 Å². The van der Waals surface area contributed by atoms with Crippen LogP contribution in [-0.4, -0.2) is 12.5 Å². The average Bonchev–Trinajstić information content (AvgIpc) is 2.28. The lowest BCUT2D eigenvalue weighted by Crippen LogP contribution is -2.24. The summed E-state index contributed by atoms with van der Waals surface area (Å²) in [5.41, 5.74) is 1.04. The van der Waals surface area contributed by atoms with Gasteiger partial charge in [-0.15, -0.1) is 0 Å². The summed E-state index contributed by atoms with van der Waals surface area (Å²) in [7, 11) is 0. The molecule has 0 saturated heterocycles. The normalized spacial score (nSPS) is 10.1. The molecular formula is C13H18ClNO. The first kappa shape index (κ1) is 13.0. The van der Waals surface area contributed by atoms with E-state index in [1.807, 2.05) is 24.3 Å². The lowest BCUT2D eigenvalue weighted by atomic mass is 10.1. The van der Waals surface area contributed by atoms with Gasteiger partial charge in [-0.3, -0.25) is 4.79 Å². The van der Waals surface area contributed by atoms with Gasteiger partial charge in [0.15, 0.2) is 0 Å². The maximum absolute atomic E-state index is 11.4. The molecule has 1 N–H and O–H groups in total. The zero-order valence-corrected chi connectivity index (χ0v) is 10.4. The van der Waals surface area contributed by atoms with Gasteiger partial charge in [-0.25, -0.2) is 0 Å². The Bertz CT molecular complexity index is 338. The maximum Gasteiger partial charge on any atom is 0.220 e. The minimum Gasteiger partial charge on any atom is -0.356 e. The number of halogens is 1. The first-order chi connectivity index (χ1) is 7.74. The number of amides is 1. The molecule has 0 atom stereocenters. The van der Waals surface area contributed by atoms with Crippen LogP contribution in [0.1, 0.15) is 31.7 Å². The first-order valence-corrected chi connectivity index (χ1v) is 6.12. The molecule has 3 heteroatoms. The molecule has 1 aromatic rings. The molecule has 2 nitrogen and oxygen atoms in total. The number of nitrogens with one attached hydrogen (secondary N) is 1. The summed E-state index contributed by atoms with van der Waals surface area (Å²) in [6.45, 7) is 2.88. The molecule has 16 heavy (non-hydrogen) atoms. The van der Waals surface area contributed by atoms with Crippen molar-refractivity contribution in [1.29, 1.82) is 0 Å². The predicted molar refractivity (Wildman–Crippen MR) is 67.7 cm³/mol. The topological polar surface area (TPSA) is 29.1 Å². The Hall–Kier alpha value is -1.02. The van der Waals surface area contributed by atoms with Gasteiger partial charge < -0.3 is 5.32 Å². The third-order valence-corrected chi connectivity index (χ3v) is 2.80. The quantitative estimate of drug-likeness (QED) is 0.759. The van der Waals surface area contributed by atoms with Gasteiger partial charge in [0.1, 0.15) is 0 Å². The Morgan fingerprint density at radius 2 is 2.12 bits per heavy atom. The van der Waals surface area contributed by atoms with E-state index in [2.05, 4.69) is 12.2 Å². The van der Waals surface area contributed by atoms with Crippen molar-refractivity contribution in [2.75, 3.05) is 6.54 Å². The Morgan fingerprint density at radius 3 is 2.81 bits per heavy atom. The second-order valence-corrected chi connectivity index (χ2v) is 4.20. The number of carbonyl (C=O) groups excluding carboxylic acids is 1. The van der Waals surface area contributed by atoms with Crippen LogP contribution in [0.4, 0.5) is 0 Å². The molecule has 0 spiro atoms. The summed E-state index contributed by atoms with van der Waals surface area (Å²) in [6.07, 6.45) is 3.35. The number of hydrogen-bond acceptors (Lipinski definition) is 1.